The molecule has 1 heterocycles. The minimum absolute atomic E-state index is 0.121. The van der Waals surface area contributed by atoms with Crippen molar-refractivity contribution >= 4 is 18.3 Å². The van der Waals surface area contributed by atoms with Gasteiger partial charge in [-0.3, -0.25) is 0 Å². The van der Waals surface area contributed by atoms with Crippen LogP contribution < -0.4 is 10.1 Å². The maximum absolute atomic E-state index is 12.3. The lowest BCUT2D eigenvalue weighted by atomic mass is 9.90. The first kappa shape index (κ1) is 18.8. The molecular formula is C18H23NO6. The number of esters is 1. The Hall–Kier alpha value is -2.57. The average Bonchev–Trinajstić information content (AvgIpc) is 2.62. The van der Waals surface area contributed by atoms with Crippen LogP contribution in [-0.4, -0.2) is 41.7 Å². The number of carbonyl (C=O) groups excluding carboxylic acids is 2. The molecule has 4 atom stereocenters. The Bertz CT molecular complexity index is 590. The van der Waals surface area contributed by atoms with Gasteiger partial charge in [0.25, 0.3) is 0 Å². The molecule has 1 fully saturated rings. The topological polar surface area (TPSA) is 102 Å². The smallest absolute Gasteiger partial charge is 0.405 e. The summed E-state index contributed by atoms with van der Waals surface area (Å²) in [6.45, 7) is 1.70. The van der Waals surface area contributed by atoms with Crippen LogP contribution in [0.25, 0.3) is 0 Å². The van der Waals surface area contributed by atoms with Gasteiger partial charge in [0, 0.05) is 12.3 Å². The van der Waals surface area contributed by atoms with E-state index in [4.69, 9.17) is 14.6 Å². The molecule has 0 bridgehead atoms. The molecule has 1 saturated heterocycles. The highest BCUT2D eigenvalue weighted by Crippen LogP contribution is 2.27. The molecule has 1 aromatic rings. The largest absolute Gasteiger partial charge is 0.486 e. The summed E-state index contributed by atoms with van der Waals surface area (Å²) in [5.74, 6) is -0.113. The normalized spacial score (nSPS) is 27.2. The van der Waals surface area contributed by atoms with E-state index >= 15 is 0 Å². The number of para-hydroxylation sites is 1. The van der Waals surface area contributed by atoms with Crippen LogP contribution in [0.15, 0.2) is 30.3 Å². The number of hydrogen-bond donors (Lipinski definition) is 2. The van der Waals surface area contributed by atoms with Gasteiger partial charge in [-0.05, 0) is 31.9 Å². The van der Waals surface area contributed by atoms with Crippen molar-refractivity contribution in [2.75, 3.05) is 0 Å². The quantitative estimate of drug-likeness (QED) is 0.625. The Labute approximate surface area is 146 Å². The van der Waals surface area contributed by atoms with Crippen LogP contribution in [0.4, 0.5) is 4.79 Å². The number of rotatable bonds is 5. The highest BCUT2D eigenvalue weighted by molar-refractivity contribution is 5.80. The third-order valence-corrected chi connectivity index (χ3v) is 4.29. The van der Waals surface area contributed by atoms with E-state index < -0.39 is 30.3 Å². The summed E-state index contributed by atoms with van der Waals surface area (Å²) in [6, 6.07) is 8.23. The standard InChI is InChI=1S/C18H23NO6/c1-12-16(25-14-7-3-2-4-8-14)13(10-11-20)6-5-9-15(17(21)24-12)19-18(22)23/h2-4,7-8,11-13,15-16,19H,5-6,9-10H2,1H3,(H,22,23)/t12-,13+,15-,16-/m0/s1. The van der Waals surface area contributed by atoms with Crippen LogP contribution >= 0.6 is 0 Å². The van der Waals surface area contributed by atoms with E-state index in [0.717, 1.165) is 6.29 Å². The van der Waals surface area contributed by atoms with Crippen LogP contribution in [0.3, 0.4) is 0 Å². The molecule has 1 amide bonds. The van der Waals surface area contributed by atoms with Crippen molar-refractivity contribution in [3.63, 3.8) is 0 Å². The molecule has 7 heteroatoms. The predicted molar refractivity (Wildman–Crippen MR) is 89.4 cm³/mol. The monoisotopic (exact) mass is 349 g/mol. The minimum Gasteiger partial charge on any atom is -0.486 e. The number of carbonyl (C=O) groups is 3. The molecule has 25 heavy (non-hydrogen) atoms. The van der Waals surface area contributed by atoms with Gasteiger partial charge in [0.05, 0.1) is 0 Å². The number of amides is 1. The van der Waals surface area contributed by atoms with Crippen LogP contribution in [0.2, 0.25) is 0 Å². The van der Waals surface area contributed by atoms with Gasteiger partial charge in [-0.15, -0.1) is 0 Å². The van der Waals surface area contributed by atoms with E-state index in [1.54, 1.807) is 19.1 Å². The van der Waals surface area contributed by atoms with Crippen LogP contribution in [-0.2, 0) is 14.3 Å². The zero-order valence-electron chi connectivity index (χ0n) is 14.1. The molecule has 0 aromatic heterocycles. The highest BCUT2D eigenvalue weighted by Gasteiger charge is 2.35. The van der Waals surface area contributed by atoms with E-state index in [-0.39, 0.29) is 12.3 Å². The molecule has 0 radical (unpaired) electrons. The van der Waals surface area contributed by atoms with Gasteiger partial charge >= 0.3 is 12.1 Å². The zero-order chi connectivity index (χ0) is 18.2. The maximum Gasteiger partial charge on any atom is 0.405 e. The fourth-order valence-electron chi connectivity index (χ4n) is 3.09. The van der Waals surface area contributed by atoms with E-state index in [2.05, 4.69) is 5.32 Å². The molecule has 7 nitrogen and oxygen atoms in total. The van der Waals surface area contributed by atoms with Crippen molar-refractivity contribution in [2.24, 2.45) is 5.92 Å². The first-order valence-electron chi connectivity index (χ1n) is 8.36. The fourth-order valence-corrected chi connectivity index (χ4v) is 3.09. The van der Waals surface area contributed by atoms with Gasteiger partial charge in [0.1, 0.15) is 30.3 Å². The predicted octanol–water partition coefficient (Wildman–Crippen LogP) is 2.39. The SMILES string of the molecule is C[C@@H]1OC(=O)[C@@H](NC(=O)O)CCC[C@H](CC=O)[C@H]1Oc1ccccc1. The second-order valence-corrected chi connectivity index (χ2v) is 6.13. The molecule has 0 saturated carbocycles. The summed E-state index contributed by atoms with van der Waals surface area (Å²) in [6.07, 6.45) is 0.298. The molecule has 0 spiro atoms. The number of ether oxygens (including phenoxy) is 2. The first-order valence-corrected chi connectivity index (χ1v) is 8.36. The van der Waals surface area contributed by atoms with Crippen molar-refractivity contribution in [1.29, 1.82) is 0 Å². The number of hydrogen-bond acceptors (Lipinski definition) is 5. The van der Waals surface area contributed by atoms with E-state index in [0.29, 0.717) is 25.0 Å². The van der Waals surface area contributed by atoms with Crippen LogP contribution in [0.1, 0.15) is 32.6 Å². The lowest BCUT2D eigenvalue weighted by Crippen LogP contribution is -2.44. The van der Waals surface area contributed by atoms with Gasteiger partial charge in [0.2, 0.25) is 0 Å². The Morgan fingerprint density at radius 3 is 2.72 bits per heavy atom. The number of cyclic esters (lactones) is 1. The van der Waals surface area contributed by atoms with Crippen molar-refractivity contribution in [3.8, 4) is 5.75 Å². The minimum atomic E-state index is -1.27. The van der Waals surface area contributed by atoms with Gasteiger partial charge in [-0.2, -0.15) is 0 Å². The Balaban J connectivity index is 2.20. The Morgan fingerprint density at radius 1 is 1.36 bits per heavy atom. The maximum atomic E-state index is 12.3. The molecular weight excluding hydrogens is 326 g/mol. The summed E-state index contributed by atoms with van der Waals surface area (Å²) in [7, 11) is 0. The third kappa shape index (κ3) is 5.48. The molecule has 2 N–H and O–H groups in total. The van der Waals surface area contributed by atoms with E-state index in [1.165, 1.54) is 0 Å². The van der Waals surface area contributed by atoms with Crippen LogP contribution in [0, 0.1) is 5.92 Å². The van der Waals surface area contributed by atoms with Crippen molar-refractivity contribution in [2.45, 2.75) is 50.9 Å². The molecule has 0 aliphatic carbocycles. The Morgan fingerprint density at radius 2 is 2.08 bits per heavy atom. The third-order valence-electron chi connectivity index (χ3n) is 4.29. The number of benzene rings is 1. The summed E-state index contributed by atoms with van der Waals surface area (Å²) < 4.78 is 11.5. The van der Waals surface area contributed by atoms with E-state index in [9.17, 15) is 14.4 Å². The number of nitrogens with one attached hydrogen (secondary N) is 1. The number of carboxylic acid groups (broad SMARTS) is 1. The van der Waals surface area contributed by atoms with Crippen molar-refractivity contribution in [1.82, 2.24) is 5.32 Å². The highest BCUT2D eigenvalue weighted by atomic mass is 16.6. The average molecular weight is 349 g/mol. The Kier molecular flexibility index (Phi) is 6.80. The molecule has 136 valence electrons. The molecule has 2 rings (SSSR count). The summed E-state index contributed by atoms with van der Waals surface area (Å²) in [5.41, 5.74) is 0. The molecule has 1 aromatic carbocycles. The van der Waals surface area contributed by atoms with Crippen molar-refractivity contribution in [3.05, 3.63) is 30.3 Å². The second-order valence-electron chi connectivity index (χ2n) is 6.13. The van der Waals surface area contributed by atoms with Gasteiger partial charge < -0.3 is 24.7 Å². The first-order chi connectivity index (χ1) is 12.0. The fraction of sp³-hybridized carbons (Fsp3) is 0.500. The van der Waals surface area contributed by atoms with Gasteiger partial charge in [-0.25, -0.2) is 9.59 Å². The zero-order valence-corrected chi connectivity index (χ0v) is 14.1. The van der Waals surface area contributed by atoms with Gasteiger partial charge in [0.15, 0.2) is 0 Å². The lowest BCUT2D eigenvalue weighted by Gasteiger charge is -2.30. The molecule has 1 aliphatic heterocycles. The second kappa shape index (κ2) is 9.05. The number of aldehydes is 1. The summed E-state index contributed by atoms with van der Waals surface area (Å²) in [4.78, 5) is 34.2. The van der Waals surface area contributed by atoms with E-state index in [1.807, 2.05) is 18.2 Å². The molecule has 1 aliphatic rings. The van der Waals surface area contributed by atoms with Crippen molar-refractivity contribution < 1.29 is 29.0 Å². The summed E-state index contributed by atoms with van der Waals surface area (Å²) >= 11 is 0. The van der Waals surface area contributed by atoms with Crippen LogP contribution in [0.5, 0.6) is 5.75 Å². The summed E-state index contributed by atoms with van der Waals surface area (Å²) in [5, 5.41) is 11.1. The van der Waals surface area contributed by atoms with Gasteiger partial charge in [-0.1, -0.05) is 24.6 Å². The molecule has 0 unspecified atom stereocenters. The lowest BCUT2D eigenvalue weighted by molar-refractivity contribution is -0.156.